The zero-order valence-electron chi connectivity index (χ0n) is 10.2. The Morgan fingerprint density at radius 1 is 1.05 bits per heavy atom. The topological polar surface area (TPSA) is 62.8 Å². The largest absolute Gasteiger partial charge is 0.508 e. The van der Waals surface area contributed by atoms with E-state index in [1.54, 1.807) is 30.3 Å². The first-order valence-corrected chi connectivity index (χ1v) is 6.83. The van der Waals surface area contributed by atoms with Crippen molar-refractivity contribution in [2.75, 3.05) is 0 Å². The van der Waals surface area contributed by atoms with Gasteiger partial charge in [-0.05, 0) is 40.2 Å². The third-order valence-electron chi connectivity index (χ3n) is 3.41. The van der Waals surface area contributed by atoms with Crippen LogP contribution in [0.5, 0.6) is 17.2 Å². The molecule has 5 heteroatoms. The van der Waals surface area contributed by atoms with Crippen LogP contribution in [0.25, 0.3) is 22.3 Å². The van der Waals surface area contributed by atoms with E-state index in [-0.39, 0.29) is 11.5 Å². The van der Waals surface area contributed by atoms with Gasteiger partial charge in [-0.25, -0.2) is 0 Å². The lowest BCUT2D eigenvalue weighted by Gasteiger charge is -2.16. The van der Waals surface area contributed by atoms with E-state index in [1.807, 2.05) is 0 Å². The zero-order chi connectivity index (χ0) is 13.9. The van der Waals surface area contributed by atoms with Crippen molar-refractivity contribution in [1.82, 2.24) is 0 Å². The Labute approximate surface area is 122 Å². The average molecular weight is 333 g/mol. The van der Waals surface area contributed by atoms with Crippen molar-refractivity contribution in [3.05, 3.63) is 40.4 Å². The molecule has 4 rings (SSSR count). The van der Waals surface area contributed by atoms with Crippen molar-refractivity contribution < 1.29 is 19.4 Å². The zero-order valence-corrected chi connectivity index (χ0v) is 11.8. The summed E-state index contributed by atoms with van der Waals surface area (Å²) in [6.07, 6.45) is 0. The summed E-state index contributed by atoms with van der Waals surface area (Å²) in [5, 5.41) is 20.0. The summed E-state index contributed by atoms with van der Waals surface area (Å²) in [4.78, 5) is 0. The van der Waals surface area contributed by atoms with E-state index < -0.39 is 0 Å². The molecule has 3 aromatic rings. The fraction of sp³-hybridized carbons (Fsp3) is 0.0667. The third kappa shape index (κ3) is 1.53. The van der Waals surface area contributed by atoms with E-state index in [0.29, 0.717) is 28.2 Å². The second kappa shape index (κ2) is 3.93. The second-order valence-corrected chi connectivity index (χ2v) is 5.54. The number of aromatic hydroxyl groups is 2. The Hall–Kier alpha value is -2.14. The SMILES string of the molecule is Oc1ccc2c(c1)OCc1c-2oc2c(Br)cc(O)cc12. The molecule has 4 nitrogen and oxygen atoms in total. The van der Waals surface area contributed by atoms with Crippen LogP contribution in [0.2, 0.25) is 0 Å². The highest BCUT2D eigenvalue weighted by Crippen LogP contribution is 2.45. The van der Waals surface area contributed by atoms with Crippen molar-refractivity contribution in [2.24, 2.45) is 0 Å². The molecule has 0 unspecified atom stereocenters. The molecule has 0 fully saturated rings. The van der Waals surface area contributed by atoms with Gasteiger partial charge in [-0.1, -0.05) is 0 Å². The van der Waals surface area contributed by atoms with Crippen molar-refractivity contribution in [2.45, 2.75) is 6.61 Å². The molecule has 0 atom stereocenters. The molecule has 0 amide bonds. The first kappa shape index (κ1) is 11.7. The van der Waals surface area contributed by atoms with Gasteiger partial charge < -0.3 is 19.4 Å². The predicted molar refractivity (Wildman–Crippen MR) is 77.0 cm³/mol. The van der Waals surface area contributed by atoms with Gasteiger partial charge in [0.25, 0.3) is 0 Å². The van der Waals surface area contributed by atoms with Crippen molar-refractivity contribution in [3.8, 4) is 28.6 Å². The number of halogens is 1. The fourth-order valence-electron chi connectivity index (χ4n) is 2.52. The maximum absolute atomic E-state index is 9.72. The Balaban J connectivity index is 2.07. The van der Waals surface area contributed by atoms with Gasteiger partial charge in [-0.2, -0.15) is 0 Å². The van der Waals surface area contributed by atoms with E-state index in [9.17, 15) is 10.2 Å². The molecule has 100 valence electrons. The molecule has 1 aromatic heterocycles. The maximum atomic E-state index is 9.72. The van der Waals surface area contributed by atoms with Gasteiger partial charge in [0.05, 0.1) is 10.0 Å². The molecule has 2 aromatic carbocycles. The van der Waals surface area contributed by atoms with Crippen LogP contribution in [0.1, 0.15) is 5.56 Å². The number of benzene rings is 2. The summed E-state index contributed by atoms with van der Waals surface area (Å²) < 4.78 is 12.3. The van der Waals surface area contributed by atoms with Gasteiger partial charge >= 0.3 is 0 Å². The van der Waals surface area contributed by atoms with Gasteiger partial charge in [0, 0.05) is 17.0 Å². The Kier molecular flexibility index (Phi) is 2.29. The van der Waals surface area contributed by atoms with Gasteiger partial charge in [0.2, 0.25) is 0 Å². The quantitative estimate of drug-likeness (QED) is 0.648. The Morgan fingerprint density at radius 2 is 1.90 bits per heavy atom. The predicted octanol–water partition coefficient (Wildman–Crippen LogP) is 4.17. The summed E-state index contributed by atoms with van der Waals surface area (Å²) in [5.41, 5.74) is 2.37. The van der Waals surface area contributed by atoms with E-state index >= 15 is 0 Å². The Morgan fingerprint density at radius 3 is 2.75 bits per heavy atom. The molecule has 20 heavy (non-hydrogen) atoms. The highest BCUT2D eigenvalue weighted by atomic mass is 79.9. The van der Waals surface area contributed by atoms with Crippen molar-refractivity contribution in [3.63, 3.8) is 0 Å². The van der Waals surface area contributed by atoms with Crippen LogP contribution in [0, 0.1) is 0 Å². The standard InChI is InChI=1S/C15H9BrO4/c16-12-4-8(18)3-10-11-6-19-13-5-7(17)1-2-9(13)14(11)20-15(10)12/h1-5,17-18H,6H2. The lowest BCUT2D eigenvalue weighted by molar-refractivity contribution is 0.298. The van der Waals surface area contributed by atoms with Crippen LogP contribution in [-0.2, 0) is 6.61 Å². The molecule has 1 aliphatic heterocycles. The molecule has 0 aliphatic carbocycles. The molecular formula is C15H9BrO4. The lowest BCUT2D eigenvalue weighted by Crippen LogP contribution is -2.03. The average Bonchev–Trinajstić information content (AvgIpc) is 2.77. The van der Waals surface area contributed by atoms with E-state index in [2.05, 4.69) is 15.9 Å². The van der Waals surface area contributed by atoms with Crippen molar-refractivity contribution >= 4 is 26.9 Å². The molecule has 0 saturated carbocycles. The molecule has 1 aliphatic rings. The van der Waals surface area contributed by atoms with Crippen LogP contribution in [0.4, 0.5) is 0 Å². The van der Waals surface area contributed by atoms with Gasteiger partial charge in [0.1, 0.15) is 35.2 Å². The molecule has 0 spiro atoms. The second-order valence-electron chi connectivity index (χ2n) is 4.68. The number of fused-ring (bicyclic) bond motifs is 5. The van der Waals surface area contributed by atoms with Crippen LogP contribution >= 0.6 is 15.9 Å². The summed E-state index contributed by atoms with van der Waals surface area (Å²) in [6, 6.07) is 8.18. The number of hydrogen-bond donors (Lipinski definition) is 2. The molecule has 0 radical (unpaired) electrons. The number of furan rings is 1. The van der Waals surface area contributed by atoms with Crippen molar-refractivity contribution in [1.29, 1.82) is 0 Å². The Bertz CT molecular complexity index is 851. The highest BCUT2D eigenvalue weighted by molar-refractivity contribution is 9.10. The van der Waals surface area contributed by atoms with Gasteiger partial charge in [0.15, 0.2) is 0 Å². The molecule has 2 heterocycles. The summed E-state index contributed by atoms with van der Waals surface area (Å²) in [5.74, 6) is 1.64. The van der Waals surface area contributed by atoms with E-state index in [4.69, 9.17) is 9.15 Å². The first-order valence-electron chi connectivity index (χ1n) is 6.03. The normalized spacial score (nSPS) is 12.8. The monoisotopic (exact) mass is 332 g/mol. The molecule has 0 bridgehead atoms. The fourth-order valence-corrected chi connectivity index (χ4v) is 3.05. The van der Waals surface area contributed by atoms with Crippen LogP contribution in [-0.4, -0.2) is 10.2 Å². The number of ether oxygens (including phenoxy) is 1. The maximum Gasteiger partial charge on any atom is 0.149 e. The molecular weight excluding hydrogens is 324 g/mol. The minimum Gasteiger partial charge on any atom is -0.508 e. The van der Waals surface area contributed by atoms with Crippen LogP contribution in [0.3, 0.4) is 0 Å². The van der Waals surface area contributed by atoms with Gasteiger partial charge in [-0.3, -0.25) is 0 Å². The van der Waals surface area contributed by atoms with Crippen LogP contribution in [0.15, 0.2) is 39.2 Å². The van der Waals surface area contributed by atoms with Crippen LogP contribution < -0.4 is 4.74 Å². The summed E-state index contributed by atoms with van der Waals surface area (Å²) in [7, 11) is 0. The van der Waals surface area contributed by atoms with E-state index in [1.165, 1.54) is 0 Å². The van der Waals surface area contributed by atoms with E-state index in [0.717, 1.165) is 16.5 Å². The third-order valence-corrected chi connectivity index (χ3v) is 4.00. The number of phenols is 2. The minimum absolute atomic E-state index is 0.155. The molecule has 2 N–H and O–H groups in total. The summed E-state index contributed by atoms with van der Waals surface area (Å²) in [6.45, 7) is 0.342. The minimum atomic E-state index is 0.155. The smallest absolute Gasteiger partial charge is 0.149 e. The highest BCUT2D eigenvalue weighted by Gasteiger charge is 2.25. The number of rotatable bonds is 0. The number of phenolic OH excluding ortho intramolecular Hbond substituents is 2. The van der Waals surface area contributed by atoms with Gasteiger partial charge in [-0.15, -0.1) is 0 Å². The molecule has 0 saturated heterocycles. The first-order chi connectivity index (χ1) is 9.63. The lowest BCUT2D eigenvalue weighted by atomic mass is 10.0. The summed E-state index contributed by atoms with van der Waals surface area (Å²) >= 11 is 3.39. The number of hydrogen-bond acceptors (Lipinski definition) is 4.